The van der Waals surface area contributed by atoms with Crippen molar-refractivity contribution >= 4 is 64.4 Å². The zero-order valence-corrected chi connectivity index (χ0v) is 14.9. The standard InChI is InChI=1S/C8H14BrCl3NO5P/c1-3-17-19(15,18-4-2)6(9)13-7(14)16-5-8(10,11)12/h6H,3-5H2,1-2H3,(H,13,14). The molecule has 0 fully saturated rings. The van der Waals surface area contributed by atoms with E-state index >= 15 is 0 Å². The van der Waals surface area contributed by atoms with Crippen LogP contribution in [-0.2, 0) is 18.3 Å². The van der Waals surface area contributed by atoms with E-state index in [1.165, 1.54) is 0 Å². The number of amides is 1. The van der Waals surface area contributed by atoms with Crippen LogP contribution in [0.4, 0.5) is 4.79 Å². The molecule has 114 valence electrons. The lowest BCUT2D eigenvalue weighted by Crippen LogP contribution is -2.34. The van der Waals surface area contributed by atoms with Gasteiger partial charge in [-0.1, -0.05) is 50.7 Å². The van der Waals surface area contributed by atoms with Crippen molar-refractivity contribution in [1.29, 1.82) is 0 Å². The van der Waals surface area contributed by atoms with Gasteiger partial charge in [-0.25, -0.2) is 4.79 Å². The van der Waals surface area contributed by atoms with E-state index in [4.69, 9.17) is 43.9 Å². The van der Waals surface area contributed by atoms with E-state index in [0.29, 0.717) is 0 Å². The first-order valence-electron chi connectivity index (χ1n) is 5.17. The highest BCUT2D eigenvalue weighted by Crippen LogP contribution is 2.54. The third-order valence-electron chi connectivity index (χ3n) is 1.50. The maximum absolute atomic E-state index is 12.2. The highest BCUT2D eigenvalue weighted by Gasteiger charge is 2.35. The number of alkyl halides is 4. The predicted octanol–water partition coefficient (Wildman–Crippen LogP) is 4.03. The Balaban J connectivity index is 4.43. The molecule has 0 aromatic rings. The van der Waals surface area contributed by atoms with Crippen molar-refractivity contribution in [2.45, 2.75) is 22.3 Å². The Labute approximate surface area is 135 Å². The second-order valence-corrected chi connectivity index (χ2v) is 9.30. The summed E-state index contributed by atoms with van der Waals surface area (Å²) in [5.41, 5.74) is 0. The second-order valence-electron chi connectivity index (χ2n) is 3.05. The van der Waals surface area contributed by atoms with Gasteiger partial charge < -0.3 is 13.8 Å². The average molecular weight is 421 g/mol. The number of halogens is 4. The van der Waals surface area contributed by atoms with Crippen LogP contribution in [0.1, 0.15) is 13.8 Å². The van der Waals surface area contributed by atoms with Gasteiger partial charge in [0, 0.05) is 0 Å². The molecule has 0 saturated heterocycles. The van der Waals surface area contributed by atoms with Crippen LogP contribution >= 0.6 is 58.3 Å². The lowest BCUT2D eigenvalue weighted by atomic mass is 10.8. The van der Waals surface area contributed by atoms with E-state index in [1.54, 1.807) is 13.8 Å². The monoisotopic (exact) mass is 419 g/mol. The third kappa shape index (κ3) is 8.60. The van der Waals surface area contributed by atoms with E-state index in [9.17, 15) is 9.36 Å². The number of rotatable bonds is 7. The minimum Gasteiger partial charge on any atom is -0.445 e. The fourth-order valence-electron chi connectivity index (χ4n) is 0.893. The predicted molar refractivity (Wildman–Crippen MR) is 78.3 cm³/mol. The zero-order chi connectivity index (χ0) is 15.1. The first-order valence-corrected chi connectivity index (χ1v) is 8.83. The number of hydrogen-bond donors (Lipinski definition) is 1. The van der Waals surface area contributed by atoms with Gasteiger partial charge in [0.15, 0.2) is 4.69 Å². The lowest BCUT2D eigenvalue weighted by molar-refractivity contribution is 0.146. The van der Waals surface area contributed by atoms with Crippen molar-refractivity contribution in [2.24, 2.45) is 0 Å². The minimum absolute atomic E-state index is 0.157. The number of carbonyl (C=O) groups is 1. The second kappa shape index (κ2) is 8.93. The molecule has 0 rings (SSSR count). The molecule has 0 saturated carbocycles. The highest BCUT2D eigenvalue weighted by atomic mass is 79.9. The van der Waals surface area contributed by atoms with Gasteiger partial charge >= 0.3 is 13.7 Å². The minimum atomic E-state index is -3.52. The zero-order valence-electron chi connectivity index (χ0n) is 10.2. The molecule has 1 atom stereocenters. The molecule has 0 aliphatic carbocycles. The summed E-state index contributed by atoms with van der Waals surface area (Å²) in [7, 11) is -3.52. The fourth-order valence-corrected chi connectivity index (χ4v) is 3.27. The Morgan fingerprint density at radius 1 is 1.32 bits per heavy atom. The quantitative estimate of drug-likeness (QED) is 0.382. The van der Waals surface area contributed by atoms with Gasteiger partial charge in [-0.15, -0.1) is 0 Å². The van der Waals surface area contributed by atoms with Crippen molar-refractivity contribution in [3.63, 3.8) is 0 Å². The Kier molecular flexibility index (Phi) is 9.29. The molecule has 0 aliphatic rings. The van der Waals surface area contributed by atoms with Crippen LogP contribution in [0, 0.1) is 0 Å². The Hall–Kier alpha value is 0.770. The molecule has 1 N–H and O–H groups in total. The summed E-state index contributed by atoms with van der Waals surface area (Å²) < 4.78 is 24.1. The van der Waals surface area contributed by atoms with Gasteiger partial charge in [-0.3, -0.25) is 9.88 Å². The van der Waals surface area contributed by atoms with Crippen LogP contribution in [-0.4, -0.2) is 34.4 Å². The maximum Gasteiger partial charge on any atom is 0.408 e. The van der Waals surface area contributed by atoms with Crippen LogP contribution in [0.15, 0.2) is 0 Å². The summed E-state index contributed by atoms with van der Waals surface area (Å²) in [6.45, 7) is 3.16. The molecule has 0 radical (unpaired) electrons. The number of ether oxygens (including phenoxy) is 1. The van der Waals surface area contributed by atoms with Gasteiger partial charge in [0.25, 0.3) is 0 Å². The molecule has 6 nitrogen and oxygen atoms in total. The molecular weight excluding hydrogens is 407 g/mol. The van der Waals surface area contributed by atoms with Crippen molar-refractivity contribution in [1.82, 2.24) is 5.32 Å². The van der Waals surface area contributed by atoms with Crippen molar-refractivity contribution in [3.05, 3.63) is 0 Å². The number of alkyl carbamates (subject to hydrolysis) is 1. The van der Waals surface area contributed by atoms with Crippen LogP contribution in [0.5, 0.6) is 0 Å². The molecule has 0 aliphatic heterocycles. The number of hydrogen-bond acceptors (Lipinski definition) is 5. The van der Waals surface area contributed by atoms with Gasteiger partial charge in [0.05, 0.1) is 13.2 Å². The molecule has 1 amide bonds. The van der Waals surface area contributed by atoms with Crippen molar-refractivity contribution in [2.75, 3.05) is 19.8 Å². The Morgan fingerprint density at radius 2 is 1.79 bits per heavy atom. The molecular formula is C8H14BrCl3NO5P. The highest BCUT2D eigenvalue weighted by molar-refractivity contribution is 9.10. The molecule has 0 aromatic carbocycles. The molecule has 11 heteroatoms. The fraction of sp³-hybridized carbons (Fsp3) is 0.875. The Morgan fingerprint density at radius 3 is 2.16 bits per heavy atom. The normalized spacial score (nSPS) is 14.0. The topological polar surface area (TPSA) is 73.9 Å². The number of carbonyl (C=O) groups excluding carboxylic acids is 1. The molecule has 0 aromatic heterocycles. The van der Waals surface area contributed by atoms with Crippen LogP contribution in [0.2, 0.25) is 0 Å². The maximum atomic E-state index is 12.2. The summed E-state index contributed by atoms with van der Waals surface area (Å²) in [5, 5.41) is 2.23. The van der Waals surface area contributed by atoms with Crippen LogP contribution in [0.25, 0.3) is 0 Å². The van der Waals surface area contributed by atoms with E-state index in [2.05, 4.69) is 26.0 Å². The summed E-state index contributed by atoms with van der Waals surface area (Å²) in [5.74, 6) is 0. The Bertz CT molecular complexity index is 331. The molecule has 0 spiro atoms. The molecule has 0 bridgehead atoms. The largest absolute Gasteiger partial charge is 0.445 e. The van der Waals surface area contributed by atoms with E-state index in [0.717, 1.165) is 0 Å². The molecule has 1 unspecified atom stereocenters. The summed E-state index contributed by atoms with van der Waals surface area (Å²) in [4.78, 5) is 11.4. The third-order valence-corrected chi connectivity index (χ3v) is 5.48. The smallest absolute Gasteiger partial charge is 0.408 e. The first-order chi connectivity index (χ1) is 8.64. The van der Waals surface area contributed by atoms with E-state index in [1.807, 2.05) is 0 Å². The summed E-state index contributed by atoms with van der Waals surface area (Å²) in [6, 6.07) is 0. The average Bonchev–Trinajstić information content (AvgIpc) is 2.26. The van der Waals surface area contributed by atoms with Crippen molar-refractivity contribution in [3.8, 4) is 0 Å². The van der Waals surface area contributed by atoms with E-state index < -0.39 is 28.8 Å². The number of nitrogens with one attached hydrogen (secondary N) is 1. The van der Waals surface area contributed by atoms with Gasteiger partial charge in [-0.2, -0.15) is 0 Å². The molecule has 19 heavy (non-hydrogen) atoms. The van der Waals surface area contributed by atoms with E-state index in [-0.39, 0.29) is 13.2 Å². The molecule has 0 heterocycles. The summed E-state index contributed by atoms with van der Waals surface area (Å²) >= 11 is 19.2. The van der Waals surface area contributed by atoms with Gasteiger partial charge in [-0.05, 0) is 13.8 Å². The lowest BCUT2D eigenvalue weighted by Gasteiger charge is -2.22. The van der Waals surface area contributed by atoms with Gasteiger partial charge in [0.1, 0.15) is 6.61 Å². The van der Waals surface area contributed by atoms with Gasteiger partial charge in [0.2, 0.25) is 3.79 Å². The van der Waals surface area contributed by atoms with Crippen LogP contribution < -0.4 is 5.32 Å². The SMILES string of the molecule is CCOP(=O)(OCC)C(Br)NC(=O)OCC(Cl)(Cl)Cl. The summed E-state index contributed by atoms with van der Waals surface area (Å²) in [6.07, 6.45) is -0.923. The van der Waals surface area contributed by atoms with Crippen molar-refractivity contribution < 1.29 is 23.1 Å². The first kappa shape index (κ1) is 19.8. The van der Waals surface area contributed by atoms with Crippen LogP contribution in [0.3, 0.4) is 0 Å².